The number of nitrogens with one attached hydrogen (secondary N) is 2. The van der Waals surface area contributed by atoms with Crippen LogP contribution in [-0.4, -0.2) is 35.8 Å². The van der Waals surface area contributed by atoms with Crippen molar-refractivity contribution in [1.29, 1.82) is 0 Å². The Kier molecular flexibility index (Phi) is 4.80. The maximum absolute atomic E-state index is 14.3. The molecule has 118 valence electrons. The van der Waals surface area contributed by atoms with Crippen LogP contribution in [0.1, 0.15) is 18.9 Å². The number of ether oxygens (including phenoxy) is 1. The molecule has 1 saturated heterocycles. The summed E-state index contributed by atoms with van der Waals surface area (Å²) in [6.07, 6.45) is 8.54. The van der Waals surface area contributed by atoms with E-state index in [0.29, 0.717) is 24.7 Å². The highest BCUT2D eigenvalue weighted by molar-refractivity contribution is 5.43. The Labute approximate surface area is 129 Å². The van der Waals surface area contributed by atoms with E-state index in [1.807, 2.05) is 13.0 Å². The van der Waals surface area contributed by atoms with Crippen LogP contribution in [0.15, 0.2) is 36.1 Å². The van der Waals surface area contributed by atoms with E-state index >= 15 is 0 Å². The standard InChI is InChI=1S/C16H21FN4O/c1-2-11-8-19-16(20-9-11)21-14-4-3-12(7-13(14)17)15-10-18-5-6-22-15/h3-4,8-9,12,15,18H,2,5-7,10H2,1H3,(H,19,20,21)/t12?,15-/m1/s1. The summed E-state index contributed by atoms with van der Waals surface area (Å²) in [6, 6.07) is 0. The molecule has 1 aromatic rings. The Bertz CT molecular complexity index is 564. The normalized spacial score (nSPS) is 25.4. The first-order chi connectivity index (χ1) is 10.8. The number of rotatable bonds is 4. The zero-order valence-corrected chi connectivity index (χ0v) is 12.7. The third-order valence-electron chi connectivity index (χ3n) is 4.01. The Balaban J connectivity index is 1.63. The minimum Gasteiger partial charge on any atom is -0.375 e. The third kappa shape index (κ3) is 3.51. The molecular weight excluding hydrogens is 283 g/mol. The average Bonchev–Trinajstić information content (AvgIpc) is 2.58. The van der Waals surface area contributed by atoms with Gasteiger partial charge in [-0.05, 0) is 18.1 Å². The second-order valence-electron chi connectivity index (χ2n) is 5.55. The minimum atomic E-state index is -0.176. The van der Waals surface area contributed by atoms with E-state index in [-0.39, 0.29) is 17.8 Å². The summed E-state index contributed by atoms with van der Waals surface area (Å²) in [6.45, 7) is 4.36. The van der Waals surface area contributed by atoms with Gasteiger partial charge in [-0.25, -0.2) is 14.4 Å². The van der Waals surface area contributed by atoms with Gasteiger partial charge in [-0.15, -0.1) is 0 Å². The summed E-state index contributed by atoms with van der Waals surface area (Å²) in [5.74, 6) is 0.313. The maximum Gasteiger partial charge on any atom is 0.227 e. The molecule has 0 bridgehead atoms. The van der Waals surface area contributed by atoms with Gasteiger partial charge in [0.15, 0.2) is 0 Å². The number of nitrogens with zero attached hydrogens (tertiary/aromatic N) is 2. The van der Waals surface area contributed by atoms with Gasteiger partial charge in [0.05, 0.1) is 18.4 Å². The van der Waals surface area contributed by atoms with Crippen molar-refractivity contribution in [3.05, 3.63) is 41.6 Å². The molecule has 1 aliphatic carbocycles. The topological polar surface area (TPSA) is 59.1 Å². The smallest absolute Gasteiger partial charge is 0.227 e. The zero-order chi connectivity index (χ0) is 15.4. The number of hydrogen-bond donors (Lipinski definition) is 2. The summed E-state index contributed by atoms with van der Waals surface area (Å²) in [7, 11) is 0. The zero-order valence-electron chi connectivity index (χ0n) is 12.7. The SMILES string of the molecule is CCc1cnc(NC2=C(F)CC([C@H]3CNCCO3)C=C2)nc1. The van der Waals surface area contributed by atoms with Crippen LogP contribution in [0, 0.1) is 5.92 Å². The molecular formula is C16H21FN4O. The lowest BCUT2D eigenvalue weighted by atomic mass is 9.92. The van der Waals surface area contributed by atoms with Gasteiger partial charge < -0.3 is 15.4 Å². The van der Waals surface area contributed by atoms with Gasteiger partial charge in [0.25, 0.3) is 0 Å². The van der Waals surface area contributed by atoms with Crippen molar-refractivity contribution < 1.29 is 9.13 Å². The molecule has 1 aromatic heterocycles. The predicted octanol–water partition coefficient (Wildman–Crippen LogP) is 2.20. The quantitative estimate of drug-likeness (QED) is 0.893. The molecule has 5 nitrogen and oxygen atoms in total. The molecule has 0 saturated carbocycles. The van der Waals surface area contributed by atoms with Crippen molar-refractivity contribution in [3.63, 3.8) is 0 Å². The van der Waals surface area contributed by atoms with Crippen LogP contribution in [0.25, 0.3) is 0 Å². The van der Waals surface area contributed by atoms with Crippen LogP contribution in [0.3, 0.4) is 0 Å². The lowest BCUT2D eigenvalue weighted by molar-refractivity contribution is 0.00174. The van der Waals surface area contributed by atoms with Crippen LogP contribution in [0.4, 0.5) is 10.3 Å². The van der Waals surface area contributed by atoms with E-state index in [4.69, 9.17) is 4.74 Å². The largest absolute Gasteiger partial charge is 0.375 e. The summed E-state index contributed by atoms with van der Waals surface area (Å²) >= 11 is 0. The Morgan fingerprint density at radius 3 is 2.86 bits per heavy atom. The number of anilines is 1. The Hall–Kier alpha value is -1.79. The minimum absolute atomic E-state index is 0.0392. The molecule has 0 radical (unpaired) electrons. The fourth-order valence-electron chi connectivity index (χ4n) is 2.64. The first kappa shape index (κ1) is 15.1. The van der Waals surface area contributed by atoms with Crippen LogP contribution < -0.4 is 10.6 Å². The fourth-order valence-corrected chi connectivity index (χ4v) is 2.64. The molecule has 2 N–H and O–H groups in total. The number of aryl methyl sites for hydroxylation is 1. The molecule has 0 aromatic carbocycles. The molecule has 0 spiro atoms. The Morgan fingerprint density at radius 2 is 2.23 bits per heavy atom. The lowest BCUT2D eigenvalue weighted by Gasteiger charge is -2.30. The second kappa shape index (κ2) is 6.98. The number of halogens is 1. The number of hydrogen-bond acceptors (Lipinski definition) is 5. The Morgan fingerprint density at radius 1 is 1.41 bits per heavy atom. The second-order valence-corrected chi connectivity index (χ2v) is 5.55. The fraction of sp³-hybridized carbons (Fsp3) is 0.500. The molecule has 0 amide bonds. The highest BCUT2D eigenvalue weighted by Crippen LogP contribution is 2.28. The lowest BCUT2D eigenvalue weighted by Crippen LogP contribution is -2.42. The summed E-state index contributed by atoms with van der Waals surface area (Å²) in [4.78, 5) is 8.39. The van der Waals surface area contributed by atoms with Crippen molar-refractivity contribution in [2.45, 2.75) is 25.9 Å². The van der Waals surface area contributed by atoms with Gasteiger partial charge in [0.2, 0.25) is 5.95 Å². The molecule has 3 rings (SSSR count). The summed E-state index contributed by atoms with van der Waals surface area (Å²) in [5, 5.41) is 6.22. The molecule has 1 unspecified atom stereocenters. The highest BCUT2D eigenvalue weighted by Gasteiger charge is 2.27. The van der Waals surface area contributed by atoms with Gasteiger partial charge in [-0.1, -0.05) is 13.0 Å². The molecule has 2 aliphatic rings. The van der Waals surface area contributed by atoms with Crippen molar-refractivity contribution in [2.75, 3.05) is 25.0 Å². The molecule has 1 aliphatic heterocycles. The molecule has 2 heterocycles. The monoisotopic (exact) mass is 304 g/mol. The number of morpholine rings is 1. The summed E-state index contributed by atoms with van der Waals surface area (Å²) < 4.78 is 20.0. The first-order valence-electron chi connectivity index (χ1n) is 7.73. The number of allylic oxidation sites excluding steroid dienone is 2. The van der Waals surface area contributed by atoms with E-state index in [0.717, 1.165) is 25.1 Å². The van der Waals surface area contributed by atoms with Crippen molar-refractivity contribution in [1.82, 2.24) is 15.3 Å². The van der Waals surface area contributed by atoms with Crippen LogP contribution in [0.5, 0.6) is 0 Å². The van der Waals surface area contributed by atoms with E-state index < -0.39 is 0 Å². The van der Waals surface area contributed by atoms with E-state index in [1.54, 1.807) is 18.5 Å². The maximum atomic E-state index is 14.3. The molecule has 22 heavy (non-hydrogen) atoms. The van der Waals surface area contributed by atoms with Crippen LogP contribution in [-0.2, 0) is 11.2 Å². The molecule has 6 heteroatoms. The van der Waals surface area contributed by atoms with E-state index in [2.05, 4.69) is 20.6 Å². The highest BCUT2D eigenvalue weighted by atomic mass is 19.1. The van der Waals surface area contributed by atoms with Crippen LogP contribution in [0.2, 0.25) is 0 Å². The van der Waals surface area contributed by atoms with Crippen molar-refractivity contribution >= 4 is 5.95 Å². The van der Waals surface area contributed by atoms with E-state index in [9.17, 15) is 4.39 Å². The molecule has 2 atom stereocenters. The predicted molar refractivity (Wildman–Crippen MR) is 83.0 cm³/mol. The average molecular weight is 304 g/mol. The third-order valence-corrected chi connectivity index (χ3v) is 4.01. The van der Waals surface area contributed by atoms with Crippen LogP contribution >= 0.6 is 0 Å². The van der Waals surface area contributed by atoms with Gasteiger partial charge in [0.1, 0.15) is 5.83 Å². The van der Waals surface area contributed by atoms with E-state index in [1.165, 1.54) is 0 Å². The van der Waals surface area contributed by atoms with Crippen molar-refractivity contribution in [2.24, 2.45) is 5.92 Å². The number of aromatic nitrogens is 2. The van der Waals surface area contributed by atoms with Crippen molar-refractivity contribution in [3.8, 4) is 0 Å². The van der Waals surface area contributed by atoms with Gasteiger partial charge in [0, 0.05) is 37.8 Å². The van der Waals surface area contributed by atoms with Gasteiger partial charge in [-0.2, -0.15) is 0 Å². The summed E-state index contributed by atoms with van der Waals surface area (Å²) in [5.41, 5.74) is 1.49. The first-order valence-corrected chi connectivity index (χ1v) is 7.73. The van der Waals surface area contributed by atoms with Gasteiger partial charge in [-0.3, -0.25) is 0 Å². The molecule has 1 fully saturated rings. The van der Waals surface area contributed by atoms with Gasteiger partial charge >= 0.3 is 0 Å².